The first-order valence-electron chi connectivity index (χ1n) is 9.94. The lowest BCUT2D eigenvalue weighted by atomic mass is 9.99. The highest BCUT2D eigenvalue weighted by atomic mass is 16.5. The maximum atomic E-state index is 13.0. The molecule has 1 amide bonds. The van der Waals surface area contributed by atoms with Gasteiger partial charge in [-0.25, -0.2) is 9.78 Å². The molecule has 28 heavy (non-hydrogen) atoms. The predicted octanol–water partition coefficient (Wildman–Crippen LogP) is 4.41. The van der Waals surface area contributed by atoms with Crippen molar-refractivity contribution < 1.29 is 14.3 Å². The van der Waals surface area contributed by atoms with Crippen LogP contribution in [0, 0.1) is 0 Å². The number of likely N-dealkylation sites (tertiary alicyclic amines) is 1. The summed E-state index contributed by atoms with van der Waals surface area (Å²) < 4.78 is 5.11. The van der Waals surface area contributed by atoms with Gasteiger partial charge < -0.3 is 15.0 Å². The summed E-state index contributed by atoms with van der Waals surface area (Å²) in [6, 6.07) is 10.9. The Balaban J connectivity index is 1.81. The van der Waals surface area contributed by atoms with Crippen molar-refractivity contribution >= 4 is 23.4 Å². The molecule has 2 heterocycles. The number of carbonyl (C=O) groups excluding carboxylic acids is 2. The number of amides is 1. The van der Waals surface area contributed by atoms with Crippen LogP contribution in [0.3, 0.4) is 0 Å². The van der Waals surface area contributed by atoms with Crippen molar-refractivity contribution in [2.24, 2.45) is 0 Å². The van der Waals surface area contributed by atoms with Gasteiger partial charge in [-0.15, -0.1) is 0 Å². The third-order valence-electron chi connectivity index (χ3n) is 5.05. The summed E-state index contributed by atoms with van der Waals surface area (Å²) in [4.78, 5) is 31.5. The van der Waals surface area contributed by atoms with Gasteiger partial charge in [0.1, 0.15) is 5.82 Å². The average Bonchev–Trinajstić information content (AvgIpc) is 2.74. The molecule has 0 spiro atoms. The van der Waals surface area contributed by atoms with Crippen molar-refractivity contribution in [3.63, 3.8) is 0 Å². The van der Waals surface area contributed by atoms with Crippen LogP contribution in [0.25, 0.3) is 0 Å². The van der Waals surface area contributed by atoms with E-state index in [0.717, 1.165) is 25.8 Å². The largest absolute Gasteiger partial charge is 0.462 e. The van der Waals surface area contributed by atoms with Gasteiger partial charge in [0, 0.05) is 24.3 Å². The van der Waals surface area contributed by atoms with Crippen LogP contribution in [-0.4, -0.2) is 41.0 Å². The van der Waals surface area contributed by atoms with Crippen molar-refractivity contribution in [1.82, 2.24) is 9.88 Å². The molecule has 1 N–H and O–H groups in total. The molecule has 1 aliphatic heterocycles. The third-order valence-corrected chi connectivity index (χ3v) is 5.05. The molecule has 1 atom stereocenters. The number of anilines is 2. The minimum atomic E-state index is -0.392. The Hall–Kier alpha value is -2.89. The fourth-order valence-electron chi connectivity index (χ4n) is 3.61. The number of aromatic nitrogens is 1. The molecule has 6 heteroatoms. The molecule has 1 fully saturated rings. The van der Waals surface area contributed by atoms with Gasteiger partial charge in [-0.3, -0.25) is 4.79 Å². The van der Waals surface area contributed by atoms with Gasteiger partial charge in [-0.05, 0) is 56.9 Å². The van der Waals surface area contributed by atoms with E-state index in [1.807, 2.05) is 11.0 Å². The average molecular weight is 381 g/mol. The van der Waals surface area contributed by atoms with E-state index in [0.29, 0.717) is 35.3 Å². The number of nitrogens with one attached hydrogen (secondary N) is 1. The molecule has 1 aromatic carbocycles. The first-order valence-corrected chi connectivity index (χ1v) is 9.94. The number of ether oxygens (including phenoxy) is 1. The van der Waals surface area contributed by atoms with Crippen LogP contribution in [0.2, 0.25) is 0 Å². The summed E-state index contributed by atoms with van der Waals surface area (Å²) in [6.07, 6.45) is 5.87. The van der Waals surface area contributed by atoms with E-state index in [1.165, 1.54) is 6.42 Å². The second-order valence-corrected chi connectivity index (χ2v) is 6.88. The molecule has 1 unspecified atom stereocenters. The van der Waals surface area contributed by atoms with E-state index in [-0.39, 0.29) is 5.91 Å². The van der Waals surface area contributed by atoms with Gasteiger partial charge in [-0.2, -0.15) is 0 Å². The molecule has 1 saturated heterocycles. The number of pyridine rings is 1. The lowest BCUT2D eigenvalue weighted by Crippen LogP contribution is -2.43. The lowest BCUT2D eigenvalue weighted by molar-refractivity contribution is 0.0526. The van der Waals surface area contributed by atoms with Crippen LogP contribution in [0.1, 0.15) is 60.2 Å². The van der Waals surface area contributed by atoms with Gasteiger partial charge in [0.05, 0.1) is 17.9 Å². The van der Waals surface area contributed by atoms with E-state index in [2.05, 4.69) is 17.2 Å². The standard InChI is InChI=1S/C22H27N3O3/c1-3-17-9-7-8-14-25(17)21(26)16-12-13-23-20(15-16)24-19-11-6-5-10-18(19)22(27)28-4-2/h5-6,10-13,15,17H,3-4,7-9,14H2,1-2H3,(H,23,24). The van der Waals surface area contributed by atoms with Crippen molar-refractivity contribution in [1.29, 1.82) is 0 Å². The molecule has 0 aliphatic carbocycles. The van der Waals surface area contributed by atoms with Crippen LogP contribution in [0.15, 0.2) is 42.6 Å². The maximum Gasteiger partial charge on any atom is 0.340 e. The first kappa shape index (κ1) is 19.9. The van der Waals surface area contributed by atoms with Crippen molar-refractivity contribution in [2.75, 3.05) is 18.5 Å². The summed E-state index contributed by atoms with van der Waals surface area (Å²) in [5, 5.41) is 3.15. The third kappa shape index (κ3) is 4.50. The quantitative estimate of drug-likeness (QED) is 0.751. The van der Waals surface area contributed by atoms with Crippen molar-refractivity contribution in [3.05, 3.63) is 53.7 Å². The number of benzene rings is 1. The molecular weight excluding hydrogens is 354 g/mol. The van der Waals surface area contributed by atoms with E-state index in [4.69, 9.17) is 4.74 Å². The number of para-hydroxylation sites is 1. The Morgan fingerprint density at radius 2 is 2.04 bits per heavy atom. The van der Waals surface area contributed by atoms with Gasteiger partial charge in [-0.1, -0.05) is 19.1 Å². The number of piperidine rings is 1. The van der Waals surface area contributed by atoms with Crippen LogP contribution < -0.4 is 5.32 Å². The van der Waals surface area contributed by atoms with Crippen LogP contribution >= 0.6 is 0 Å². The second kappa shape index (κ2) is 9.35. The molecule has 2 aromatic rings. The Labute approximate surface area is 165 Å². The number of hydrogen-bond acceptors (Lipinski definition) is 5. The van der Waals surface area contributed by atoms with E-state index < -0.39 is 5.97 Å². The van der Waals surface area contributed by atoms with Crippen molar-refractivity contribution in [3.8, 4) is 0 Å². The SMILES string of the molecule is CCOC(=O)c1ccccc1Nc1cc(C(=O)N2CCCCC2CC)ccn1. The summed E-state index contributed by atoms with van der Waals surface area (Å²) in [6.45, 7) is 5.01. The summed E-state index contributed by atoms with van der Waals surface area (Å²) in [5.41, 5.74) is 1.64. The van der Waals surface area contributed by atoms with Crippen LogP contribution in [0.4, 0.5) is 11.5 Å². The highest BCUT2D eigenvalue weighted by Crippen LogP contribution is 2.24. The fraction of sp³-hybridized carbons (Fsp3) is 0.409. The Morgan fingerprint density at radius 3 is 2.82 bits per heavy atom. The van der Waals surface area contributed by atoms with Gasteiger partial charge in [0.2, 0.25) is 0 Å². The summed E-state index contributed by atoms with van der Waals surface area (Å²) >= 11 is 0. The van der Waals surface area contributed by atoms with Gasteiger partial charge in [0.25, 0.3) is 5.91 Å². The molecule has 1 aliphatic rings. The highest BCUT2D eigenvalue weighted by molar-refractivity contribution is 5.97. The molecule has 148 valence electrons. The molecule has 0 saturated carbocycles. The predicted molar refractivity (Wildman–Crippen MR) is 109 cm³/mol. The number of hydrogen-bond donors (Lipinski definition) is 1. The minimum Gasteiger partial charge on any atom is -0.462 e. The van der Waals surface area contributed by atoms with E-state index in [9.17, 15) is 9.59 Å². The molecule has 0 bridgehead atoms. The fourth-order valence-corrected chi connectivity index (χ4v) is 3.61. The van der Waals surface area contributed by atoms with Crippen LogP contribution in [-0.2, 0) is 4.74 Å². The monoisotopic (exact) mass is 381 g/mol. The zero-order valence-corrected chi connectivity index (χ0v) is 16.5. The zero-order chi connectivity index (χ0) is 19.9. The second-order valence-electron chi connectivity index (χ2n) is 6.88. The number of esters is 1. The number of carbonyl (C=O) groups is 2. The van der Waals surface area contributed by atoms with Gasteiger partial charge in [0.15, 0.2) is 0 Å². The summed E-state index contributed by atoms with van der Waals surface area (Å²) in [7, 11) is 0. The Morgan fingerprint density at radius 1 is 1.21 bits per heavy atom. The zero-order valence-electron chi connectivity index (χ0n) is 16.5. The van der Waals surface area contributed by atoms with E-state index in [1.54, 1.807) is 43.5 Å². The topological polar surface area (TPSA) is 71.5 Å². The lowest BCUT2D eigenvalue weighted by Gasteiger charge is -2.35. The molecule has 1 aromatic heterocycles. The normalized spacial score (nSPS) is 16.5. The maximum absolute atomic E-state index is 13.0. The Bertz CT molecular complexity index is 837. The molecule has 6 nitrogen and oxygen atoms in total. The van der Waals surface area contributed by atoms with Crippen molar-refractivity contribution in [2.45, 2.75) is 45.6 Å². The molecular formula is C22H27N3O3. The smallest absolute Gasteiger partial charge is 0.340 e. The number of rotatable bonds is 6. The molecule has 3 rings (SSSR count). The Kier molecular flexibility index (Phi) is 6.63. The van der Waals surface area contributed by atoms with Gasteiger partial charge >= 0.3 is 5.97 Å². The summed E-state index contributed by atoms with van der Waals surface area (Å²) in [5.74, 6) is 0.167. The first-order chi connectivity index (χ1) is 13.6. The minimum absolute atomic E-state index is 0.0377. The number of nitrogens with zero attached hydrogens (tertiary/aromatic N) is 2. The van der Waals surface area contributed by atoms with Crippen LogP contribution in [0.5, 0.6) is 0 Å². The van der Waals surface area contributed by atoms with E-state index >= 15 is 0 Å². The molecule has 0 radical (unpaired) electrons. The highest BCUT2D eigenvalue weighted by Gasteiger charge is 2.26.